The van der Waals surface area contributed by atoms with Crippen molar-refractivity contribution in [2.45, 2.75) is 25.3 Å². The molecule has 1 aliphatic rings. The number of hydrogen-bond donors (Lipinski definition) is 3. The van der Waals surface area contributed by atoms with Crippen LogP contribution in [-0.4, -0.2) is 43.4 Å². The van der Waals surface area contributed by atoms with Gasteiger partial charge in [-0.1, -0.05) is 11.6 Å². The SMILES string of the molecule is NCC(CNC(=O)c1ccc(Cl)s1)NC(=O)c1ccc(N2CCCCC2=O)cc1. The smallest absolute Gasteiger partial charge is 0.261 e. The molecular formula is C20H23ClN4O3S. The minimum Gasteiger partial charge on any atom is -0.349 e. The zero-order valence-corrected chi connectivity index (χ0v) is 17.4. The number of anilines is 1. The predicted molar refractivity (Wildman–Crippen MR) is 115 cm³/mol. The van der Waals surface area contributed by atoms with Gasteiger partial charge in [-0.3, -0.25) is 14.4 Å². The van der Waals surface area contributed by atoms with Gasteiger partial charge in [0.25, 0.3) is 11.8 Å². The maximum absolute atomic E-state index is 12.5. The number of halogens is 1. The quantitative estimate of drug-likeness (QED) is 0.622. The highest BCUT2D eigenvalue weighted by Gasteiger charge is 2.20. The van der Waals surface area contributed by atoms with Crippen molar-refractivity contribution in [2.24, 2.45) is 5.73 Å². The van der Waals surface area contributed by atoms with Crippen LogP contribution < -0.4 is 21.3 Å². The Labute approximate surface area is 178 Å². The Morgan fingerprint density at radius 3 is 2.52 bits per heavy atom. The summed E-state index contributed by atoms with van der Waals surface area (Å²) in [6.45, 7) is 1.09. The minimum absolute atomic E-state index is 0.111. The molecule has 0 aliphatic carbocycles. The molecule has 4 N–H and O–H groups in total. The van der Waals surface area contributed by atoms with E-state index < -0.39 is 6.04 Å². The van der Waals surface area contributed by atoms with Gasteiger partial charge in [-0.15, -0.1) is 11.3 Å². The van der Waals surface area contributed by atoms with E-state index in [1.807, 2.05) is 0 Å². The van der Waals surface area contributed by atoms with Crippen molar-refractivity contribution >= 4 is 46.3 Å². The Kier molecular flexibility index (Phi) is 7.24. The average molecular weight is 435 g/mol. The molecule has 7 nitrogen and oxygen atoms in total. The largest absolute Gasteiger partial charge is 0.349 e. The minimum atomic E-state index is -0.412. The second-order valence-corrected chi connectivity index (χ2v) is 8.48. The molecule has 1 fully saturated rings. The number of thiophene rings is 1. The molecule has 3 amide bonds. The number of rotatable bonds is 7. The van der Waals surface area contributed by atoms with Crippen LogP contribution in [0.1, 0.15) is 39.3 Å². The second-order valence-electron chi connectivity index (χ2n) is 6.77. The van der Waals surface area contributed by atoms with E-state index in [1.165, 1.54) is 11.3 Å². The van der Waals surface area contributed by atoms with Crippen LogP contribution >= 0.6 is 22.9 Å². The monoisotopic (exact) mass is 434 g/mol. The van der Waals surface area contributed by atoms with Gasteiger partial charge in [0.15, 0.2) is 0 Å². The number of carbonyl (C=O) groups is 3. The van der Waals surface area contributed by atoms with E-state index in [0.717, 1.165) is 18.5 Å². The Morgan fingerprint density at radius 2 is 1.90 bits per heavy atom. The Morgan fingerprint density at radius 1 is 1.14 bits per heavy atom. The van der Waals surface area contributed by atoms with E-state index in [2.05, 4.69) is 10.6 Å². The third-order valence-electron chi connectivity index (χ3n) is 4.69. The van der Waals surface area contributed by atoms with E-state index in [0.29, 0.717) is 27.7 Å². The van der Waals surface area contributed by atoms with Crippen molar-refractivity contribution in [1.82, 2.24) is 10.6 Å². The van der Waals surface area contributed by atoms with Gasteiger partial charge >= 0.3 is 0 Å². The fraction of sp³-hybridized carbons (Fsp3) is 0.350. The average Bonchev–Trinajstić information content (AvgIpc) is 3.17. The van der Waals surface area contributed by atoms with Crippen LogP contribution in [0.3, 0.4) is 0 Å². The van der Waals surface area contributed by atoms with Crippen molar-refractivity contribution in [3.05, 3.63) is 51.2 Å². The lowest BCUT2D eigenvalue weighted by molar-refractivity contribution is -0.119. The molecule has 1 aromatic heterocycles. The molecule has 0 spiro atoms. The highest BCUT2D eigenvalue weighted by molar-refractivity contribution is 7.18. The standard InChI is InChI=1S/C20H23ClN4O3S/c21-17-9-8-16(29-17)20(28)23-12-14(11-22)24-19(27)13-4-6-15(7-5-13)25-10-2-1-3-18(25)26/h4-9,14H,1-3,10-12,22H2,(H,23,28)(H,24,27). The number of nitrogens with two attached hydrogens (primary N) is 1. The molecule has 1 aromatic carbocycles. The predicted octanol–water partition coefficient (Wildman–Crippen LogP) is 2.41. The van der Waals surface area contributed by atoms with E-state index in [4.69, 9.17) is 17.3 Å². The summed E-state index contributed by atoms with van der Waals surface area (Å²) in [5, 5.41) is 5.57. The first-order chi connectivity index (χ1) is 14.0. The van der Waals surface area contributed by atoms with Crippen molar-refractivity contribution in [3.63, 3.8) is 0 Å². The maximum atomic E-state index is 12.5. The zero-order chi connectivity index (χ0) is 20.8. The molecular weight excluding hydrogens is 412 g/mol. The normalized spacial score (nSPS) is 15.1. The summed E-state index contributed by atoms with van der Waals surface area (Å²) in [5.74, 6) is -0.435. The van der Waals surface area contributed by atoms with Crippen LogP contribution in [0.4, 0.5) is 5.69 Å². The molecule has 1 aliphatic heterocycles. The molecule has 0 bridgehead atoms. The number of benzene rings is 1. The van der Waals surface area contributed by atoms with Crippen LogP contribution in [0.15, 0.2) is 36.4 Å². The zero-order valence-electron chi connectivity index (χ0n) is 15.8. The van der Waals surface area contributed by atoms with E-state index >= 15 is 0 Å². The number of piperidine rings is 1. The molecule has 29 heavy (non-hydrogen) atoms. The van der Waals surface area contributed by atoms with Gasteiger partial charge in [0.05, 0.1) is 15.3 Å². The van der Waals surface area contributed by atoms with Crippen LogP contribution in [0.5, 0.6) is 0 Å². The lowest BCUT2D eigenvalue weighted by Crippen LogP contribution is -2.47. The number of carbonyl (C=O) groups excluding carboxylic acids is 3. The van der Waals surface area contributed by atoms with Crippen molar-refractivity contribution in [3.8, 4) is 0 Å². The molecule has 1 unspecified atom stereocenters. The van der Waals surface area contributed by atoms with Gasteiger partial charge in [-0.25, -0.2) is 0 Å². The first-order valence-electron chi connectivity index (χ1n) is 9.43. The molecule has 2 aromatic rings. The van der Waals surface area contributed by atoms with E-state index in [-0.39, 0.29) is 30.8 Å². The maximum Gasteiger partial charge on any atom is 0.261 e. The van der Waals surface area contributed by atoms with Gasteiger partial charge in [0, 0.05) is 37.3 Å². The summed E-state index contributed by atoms with van der Waals surface area (Å²) < 4.78 is 0.536. The summed E-state index contributed by atoms with van der Waals surface area (Å²) in [6, 6.07) is 9.82. The van der Waals surface area contributed by atoms with Gasteiger partial charge in [-0.05, 0) is 49.2 Å². The Bertz CT molecular complexity index is 884. The van der Waals surface area contributed by atoms with Gasteiger partial charge in [0.2, 0.25) is 5.91 Å². The topological polar surface area (TPSA) is 105 Å². The third-order valence-corrected chi connectivity index (χ3v) is 5.92. The third kappa shape index (κ3) is 5.56. The highest BCUT2D eigenvalue weighted by Crippen LogP contribution is 2.22. The number of nitrogens with zero attached hydrogens (tertiary/aromatic N) is 1. The van der Waals surface area contributed by atoms with Crippen molar-refractivity contribution in [1.29, 1.82) is 0 Å². The van der Waals surface area contributed by atoms with Crippen LogP contribution in [0, 0.1) is 0 Å². The first kappa shape index (κ1) is 21.3. The molecule has 1 atom stereocenters. The molecule has 0 saturated carbocycles. The second kappa shape index (κ2) is 9.87. The summed E-state index contributed by atoms with van der Waals surface area (Å²) in [5.41, 5.74) is 7.00. The Hall–Kier alpha value is -2.42. The highest BCUT2D eigenvalue weighted by atomic mass is 35.5. The number of hydrogen-bond acceptors (Lipinski definition) is 5. The summed E-state index contributed by atoms with van der Waals surface area (Å²) in [7, 11) is 0. The fourth-order valence-electron chi connectivity index (χ4n) is 3.07. The Balaban J connectivity index is 1.54. The molecule has 0 radical (unpaired) electrons. The van der Waals surface area contributed by atoms with Crippen molar-refractivity contribution in [2.75, 3.05) is 24.5 Å². The molecule has 1 saturated heterocycles. The lowest BCUT2D eigenvalue weighted by atomic mass is 10.1. The summed E-state index contributed by atoms with van der Waals surface area (Å²) in [6.07, 6.45) is 2.46. The molecule has 9 heteroatoms. The van der Waals surface area contributed by atoms with Gasteiger partial charge in [0.1, 0.15) is 0 Å². The van der Waals surface area contributed by atoms with Crippen LogP contribution in [0.25, 0.3) is 0 Å². The van der Waals surface area contributed by atoms with Crippen molar-refractivity contribution < 1.29 is 14.4 Å². The van der Waals surface area contributed by atoms with Gasteiger partial charge in [-0.2, -0.15) is 0 Å². The lowest BCUT2D eigenvalue weighted by Gasteiger charge is -2.26. The van der Waals surface area contributed by atoms with Crippen LogP contribution in [0.2, 0.25) is 4.34 Å². The summed E-state index contributed by atoms with van der Waals surface area (Å²) in [4.78, 5) is 38.9. The summed E-state index contributed by atoms with van der Waals surface area (Å²) >= 11 is 7.03. The molecule has 3 rings (SSSR count). The van der Waals surface area contributed by atoms with Gasteiger partial charge < -0.3 is 21.3 Å². The number of nitrogens with one attached hydrogen (secondary N) is 2. The van der Waals surface area contributed by atoms with Crippen LogP contribution in [-0.2, 0) is 4.79 Å². The molecule has 154 valence electrons. The fourth-order valence-corrected chi connectivity index (χ4v) is 4.03. The molecule has 2 heterocycles. The van der Waals surface area contributed by atoms with E-state index in [9.17, 15) is 14.4 Å². The number of amides is 3. The van der Waals surface area contributed by atoms with E-state index in [1.54, 1.807) is 41.3 Å². The first-order valence-corrected chi connectivity index (χ1v) is 10.6.